The third-order valence-corrected chi connectivity index (χ3v) is 5.24. The van der Waals surface area contributed by atoms with E-state index in [0.29, 0.717) is 58.3 Å². The van der Waals surface area contributed by atoms with E-state index in [1.54, 1.807) is 18.2 Å². The Morgan fingerprint density at radius 2 is 1.53 bits per heavy atom. The molecule has 0 amide bonds. The van der Waals surface area contributed by atoms with E-state index in [1.807, 2.05) is 0 Å². The minimum atomic E-state index is -0.292. The minimum absolute atomic E-state index is 0.0372. The number of fused-ring (bicyclic) bond motifs is 2. The Bertz CT molecular complexity index is 1030. The first-order chi connectivity index (χ1) is 14.5. The van der Waals surface area contributed by atoms with Crippen LogP contribution in [0, 0.1) is 0 Å². The Kier molecular flexibility index (Phi) is 5.07. The van der Waals surface area contributed by atoms with Gasteiger partial charge in [0, 0.05) is 11.1 Å². The zero-order chi connectivity index (χ0) is 21.4. The third-order valence-electron chi connectivity index (χ3n) is 5.24. The number of hydrogen-bond donors (Lipinski definition) is 1. The number of rotatable bonds is 5. The van der Waals surface area contributed by atoms with Gasteiger partial charge in [0.1, 0.15) is 0 Å². The second-order valence-corrected chi connectivity index (χ2v) is 6.76. The first-order valence-corrected chi connectivity index (χ1v) is 9.30. The summed E-state index contributed by atoms with van der Waals surface area (Å²) >= 11 is 0. The largest absolute Gasteiger partial charge is 0.504 e. The Morgan fingerprint density at radius 1 is 0.900 bits per heavy atom. The molecule has 0 radical (unpaired) electrons. The average molecular weight is 414 g/mol. The zero-order valence-electron chi connectivity index (χ0n) is 17.2. The Labute approximate surface area is 173 Å². The van der Waals surface area contributed by atoms with Gasteiger partial charge in [0.2, 0.25) is 24.0 Å². The van der Waals surface area contributed by atoms with Crippen LogP contribution >= 0.6 is 0 Å². The van der Waals surface area contributed by atoms with Gasteiger partial charge in [-0.15, -0.1) is 0 Å². The van der Waals surface area contributed by atoms with Gasteiger partial charge in [0.05, 0.1) is 34.0 Å². The average Bonchev–Trinajstić information content (AvgIpc) is 3.25. The molecule has 0 atom stereocenters. The number of aromatic hydroxyl groups is 1. The van der Waals surface area contributed by atoms with E-state index >= 15 is 0 Å². The van der Waals surface area contributed by atoms with Crippen LogP contribution in [0.1, 0.15) is 27.9 Å². The van der Waals surface area contributed by atoms with Crippen LogP contribution in [0.5, 0.6) is 40.2 Å². The summed E-state index contributed by atoms with van der Waals surface area (Å²) in [4.78, 5) is 13.3. The summed E-state index contributed by atoms with van der Waals surface area (Å²) in [5.41, 5.74) is 2.05. The number of benzene rings is 2. The quantitative estimate of drug-likeness (QED) is 0.745. The molecule has 0 fully saturated rings. The number of carbonyl (C=O) groups is 1. The highest BCUT2D eigenvalue weighted by molar-refractivity contribution is 6.16. The molecule has 0 aromatic heterocycles. The lowest BCUT2D eigenvalue weighted by molar-refractivity contribution is 0.102. The van der Waals surface area contributed by atoms with Crippen molar-refractivity contribution in [2.75, 3.05) is 35.2 Å². The first kappa shape index (κ1) is 19.8. The summed E-state index contributed by atoms with van der Waals surface area (Å²) in [5.74, 6) is 1.82. The van der Waals surface area contributed by atoms with Crippen molar-refractivity contribution >= 4 is 11.9 Å². The first-order valence-electron chi connectivity index (χ1n) is 9.30. The highest BCUT2D eigenvalue weighted by atomic mass is 16.7. The zero-order valence-corrected chi connectivity index (χ0v) is 17.2. The summed E-state index contributed by atoms with van der Waals surface area (Å²) in [6.45, 7) is -0.0372. The molecular formula is C22H22O8. The maximum Gasteiger partial charge on any atom is 0.231 e. The molecule has 8 nitrogen and oxygen atoms in total. The van der Waals surface area contributed by atoms with Crippen LogP contribution in [0.15, 0.2) is 17.7 Å². The molecular weight excluding hydrogens is 392 g/mol. The van der Waals surface area contributed by atoms with Crippen molar-refractivity contribution in [1.29, 1.82) is 0 Å². The number of ether oxygens (including phenoxy) is 6. The van der Waals surface area contributed by atoms with E-state index < -0.39 is 0 Å². The number of hydrogen-bond acceptors (Lipinski definition) is 8. The number of methoxy groups -OCH3 is 4. The fourth-order valence-corrected chi connectivity index (χ4v) is 3.89. The van der Waals surface area contributed by atoms with Crippen molar-refractivity contribution in [3.63, 3.8) is 0 Å². The normalized spacial score (nSPS) is 15.7. The van der Waals surface area contributed by atoms with Crippen molar-refractivity contribution in [2.24, 2.45) is 0 Å². The van der Waals surface area contributed by atoms with Gasteiger partial charge in [-0.2, -0.15) is 0 Å². The molecule has 4 rings (SSSR count). The highest BCUT2D eigenvalue weighted by Crippen LogP contribution is 2.53. The number of phenols is 1. The number of ketones is 1. The Balaban J connectivity index is 1.81. The molecule has 0 saturated heterocycles. The van der Waals surface area contributed by atoms with Gasteiger partial charge in [0.25, 0.3) is 0 Å². The van der Waals surface area contributed by atoms with Crippen molar-refractivity contribution in [2.45, 2.75) is 12.8 Å². The lowest BCUT2D eigenvalue weighted by Crippen LogP contribution is -2.16. The van der Waals surface area contributed by atoms with Crippen LogP contribution in [0.4, 0.5) is 0 Å². The maximum absolute atomic E-state index is 13.3. The molecule has 30 heavy (non-hydrogen) atoms. The number of carbonyl (C=O) groups excluding carboxylic acids is 1. The van der Waals surface area contributed by atoms with Crippen molar-refractivity contribution in [1.82, 2.24) is 0 Å². The van der Waals surface area contributed by atoms with Crippen molar-refractivity contribution in [3.8, 4) is 40.2 Å². The van der Waals surface area contributed by atoms with E-state index in [2.05, 4.69) is 0 Å². The number of Topliss-reactive ketones (excluding diaryl/α,β-unsaturated/α-hetero) is 1. The van der Waals surface area contributed by atoms with Gasteiger partial charge in [-0.25, -0.2) is 0 Å². The summed E-state index contributed by atoms with van der Waals surface area (Å²) < 4.78 is 32.4. The van der Waals surface area contributed by atoms with E-state index in [4.69, 9.17) is 28.4 Å². The van der Waals surface area contributed by atoms with Crippen LogP contribution in [0.25, 0.3) is 6.08 Å². The summed E-state index contributed by atoms with van der Waals surface area (Å²) in [6.07, 6.45) is 2.73. The molecule has 8 heteroatoms. The predicted molar refractivity (Wildman–Crippen MR) is 108 cm³/mol. The second kappa shape index (κ2) is 7.70. The minimum Gasteiger partial charge on any atom is -0.504 e. The Hall–Kier alpha value is -3.55. The number of phenolic OH excluding ortho intramolecular Hbond substituents is 1. The lowest BCUT2D eigenvalue weighted by atomic mass is 9.84. The van der Waals surface area contributed by atoms with Crippen LogP contribution < -0.4 is 28.4 Å². The molecule has 0 unspecified atom stereocenters. The van der Waals surface area contributed by atoms with Crippen molar-refractivity contribution < 1.29 is 38.3 Å². The molecule has 1 N–H and O–H groups in total. The van der Waals surface area contributed by atoms with Gasteiger partial charge in [-0.05, 0) is 36.6 Å². The van der Waals surface area contributed by atoms with Gasteiger partial charge in [-0.1, -0.05) is 0 Å². The van der Waals surface area contributed by atoms with Gasteiger partial charge in [0.15, 0.2) is 28.8 Å². The number of allylic oxidation sites excluding steroid dienone is 1. The van der Waals surface area contributed by atoms with Gasteiger partial charge in [-0.3, -0.25) is 4.79 Å². The molecule has 2 aromatic rings. The standard InChI is InChI=1S/C22H22O8/c1-25-14-8-11(9-15(26-2)20(14)28-4)7-12-5-6-13-16(17(12)23)18(24)21-22(19(13)27-3)30-10-29-21/h7-9,24H,5-6,10H2,1-4H3/b12-7+. The topological polar surface area (TPSA) is 92.7 Å². The molecule has 0 bridgehead atoms. The molecule has 1 aliphatic heterocycles. The van der Waals surface area contributed by atoms with E-state index in [1.165, 1.54) is 28.4 Å². The van der Waals surface area contributed by atoms with Crippen molar-refractivity contribution in [3.05, 3.63) is 34.4 Å². The smallest absolute Gasteiger partial charge is 0.231 e. The molecule has 0 spiro atoms. The van der Waals surface area contributed by atoms with Gasteiger partial charge >= 0.3 is 0 Å². The van der Waals surface area contributed by atoms with Crippen LogP contribution in [0.2, 0.25) is 0 Å². The molecule has 2 aromatic carbocycles. The highest BCUT2D eigenvalue weighted by Gasteiger charge is 2.36. The SMILES string of the molecule is COc1cc(/C=C2\CCc3c(OC)c4c(c(O)c3C2=O)OCO4)cc(OC)c1OC. The molecule has 1 aliphatic carbocycles. The third kappa shape index (κ3) is 2.96. The fourth-order valence-electron chi connectivity index (χ4n) is 3.89. The molecule has 2 aliphatic rings. The van der Waals surface area contributed by atoms with E-state index in [0.717, 1.165) is 0 Å². The fraction of sp³-hybridized carbons (Fsp3) is 0.318. The molecule has 158 valence electrons. The molecule has 0 saturated carbocycles. The predicted octanol–water partition coefficient (Wildman–Crippen LogP) is 3.37. The maximum atomic E-state index is 13.3. The van der Waals surface area contributed by atoms with E-state index in [9.17, 15) is 9.90 Å². The lowest BCUT2D eigenvalue weighted by Gasteiger charge is -2.22. The molecule has 1 heterocycles. The monoisotopic (exact) mass is 414 g/mol. The van der Waals surface area contributed by atoms with Crippen LogP contribution in [-0.4, -0.2) is 46.1 Å². The van der Waals surface area contributed by atoms with Gasteiger partial charge < -0.3 is 33.5 Å². The van der Waals surface area contributed by atoms with Crippen LogP contribution in [-0.2, 0) is 6.42 Å². The summed E-state index contributed by atoms with van der Waals surface area (Å²) in [5, 5.41) is 10.7. The Morgan fingerprint density at radius 3 is 2.13 bits per heavy atom. The summed E-state index contributed by atoms with van der Waals surface area (Å²) in [6, 6.07) is 3.52. The second-order valence-electron chi connectivity index (χ2n) is 6.76. The summed E-state index contributed by atoms with van der Waals surface area (Å²) in [7, 11) is 6.09. The van der Waals surface area contributed by atoms with E-state index in [-0.39, 0.29) is 29.6 Å². The van der Waals surface area contributed by atoms with Crippen LogP contribution in [0.3, 0.4) is 0 Å².